The Morgan fingerprint density at radius 3 is 2.08 bits per heavy atom. The molecule has 12 heavy (non-hydrogen) atoms. The zero-order chi connectivity index (χ0) is 9.72. The Hall–Kier alpha value is -1.31. The van der Waals surface area contributed by atoms with Crippen molar-refractivity contribution in [3.05, 3.63) is 36.1 Å². The van der Waals surface area contributed by atoms with E-state index in [2.05, 4.69) is 18.5 Å². The first kappa shape index (κ1) is 10.7. The lowest BCUT2D eigenvalue weighted by Gasteiger charge is -2.03. The van der Waals surface area contributed by atoms with Gasteiger partial charge < -0.3 is 5.32 Å². The molecule has 0 radical (unpaired) electrons. The summed E-state index contributed by atoms with van der Waals surface area (Å²) in [6.45, 7) is 10.8. The highest BCUT2D eigenvalue weighted by molar-refractivity contribution is 5.93. The van der Waals surface area contributed by atoms with Gasteiger partial charge in [0.05, 0.1) is 5.70 Å². The van der Waals surface area contributed by atoms with Crippen LogP contribution in [-0.4, -0.2) is 12.8 Å². The van der Waals surface area contributed by atoms with Crippen LogP contribution in [-0.2, 0) is 4.79 Å². The van der Waals surface area contributed by atoms with Crippen LogP contribution >= 0.6 is 0 Å². The third-order valence-corrected chi connectivity index (χ3v) is 1.52. The van der Waals surface area contributed by atoms with E-state index in [1.54, 1.807) is 13.1 Å². The lowest BCUT2D eigenvalue weighted by atomic mass is 10.1. The number of allylic oxidation sites excluding steroid dienone is 4. The highest BCUT2D eigenvalue weighted by Crippen LogP contribution is 2.07. The topological polar surface area (TPSA) is 29.1 Å². The number of carbonyl (C=O) groups excluding carboxylic acids is 1. The number of carbonyl (C=O) groups is 1. The fourth-order valence-corrected chi connectivity index (χ4v) is 0.647. The van der Waals surface area contributed by atoms with Crippen molar-refractivity contribution in [1.82, 2.24) is 5.32 Å². The molecule has 0 spiro atoms. The van der Waals surface area contributed by atoms with Crippen LogP contribution in [0.4, 0.5) is 0 Å². The molecular formula is C10H15NO. The second-order valence-corrected chi connectivity index (χ2v) is 2.67. The van der Waals surface area contributed by atoms with Gasteiger partial charge in [-0.3, -0.25) is 4.79 Å². The summed E-state index contributed by atoms with van der Waals surface area (Å²) < 4.78 is 0. The molecule has 66 valence electrons. The molecule has 0 saturated heterocycles. The molecule has 2 nitrogen and oxygen atoms in total. The quantitative estimate of drug-likeness (QED) is 0.508. The molecule has 0 aromatic rings. The normalized spacial score (nSPS) is 10.8. The van der Waals surface area contributed by atoms with Gasteiger partial charge in [-0.2, -0.15) is 0 Å². The van der Waals surface area contributed by atoms with Crippen LogP contribution in [0, 0.1) is 0 Å². The smallest absolute Gasteiger partial charge is 0.175 e. The number of likely N-dealkylation sites (N-methyl/N-ethyl adjacent to an activating group) is 1. The van der Waals surface area contributed by atoms with E-state index in [0.29, 0.717) is 5.70 Å². The Bertz CT molecular complexity index is 249. The van der Waals surface area contributed by atoms with Crippen molar-refractivity contribution in [1.29, 1.82) is 0 Å². The predicted octanol–water partition coefficient (Wildman–Crippen LogP) is 1.81. The first-order valence-electron chi connectivity index (χ1n) is 3.74. The van der Waals surface area contributed by atoms with Crippen LogP contribution in [0.1, 0.15) is 13.8 Å². The van der Waals surface area contributed by atoms with Gasteiger partial charge in [0, 0.05) is 14.0 Å². The average Bonchev–Trinajstić information content (AvgIpc) is 1.98. The number of hydrogen-bond acceptors (Lipinski definition) is 2. The standard InChI is InChI=1S/C10H15NO/c1-7(2)8(3)6-10(11-5)9(4)12/h6,11H,1,3H2,2,4-5H3/b10-6-. The second kappa shape index (κ2) is 4.54. The maximum absolute atomic E-state index is 10.9. The Morgan fingerprint density at radius 1 is 1.33 bits per heavy atom. The molecule has 0 aliphatic rings. The maximum atomic E-state index is 10.9. The minimum Gasteiger partial charge on any atom is -0.385 e. The van der Waals surface area contributed by atoms with Gasteiger partial charge in [-0.05, 0) is 18.6 Å². The lowest BCUT2D eigenvalue weighted by Crippen LogP contribution is -2.13. The summed E-state index contributed by atoms with van der Waals surface area (Å²) in [4.78, 5) is 10.9. The minimum absolute atomic E-state index is 0.0000926. The Morgan fingerprint density at radius 2 is 1.83 bits per heavy atom. The number of rotatable bonds is 4. The van der Waals surface area contributed by atoms with E-state index >= 15 is 0 Å². The highest BCUT2D eigenvalue weighted by Gasteiger charge is 2.00. The first-order chi connectivity index (χ1) is 5.49. The number of ketones is 1. The van der Waals surface area contributed by atoms with E-state index in [0.717, 1.165) is 11.1 Å². The molecule has 0 amide bonds. The number of Topliss-reactive ketones (excluding diaryl/α,β-unsaturated/α-hetero) is 1. The van der Waals surface area contributed by atoms with E-state index in [9.17, 15) is 4.79 Å². The van der Waals surface area contributed by atoms with Crippen LogP contribution in [0.15, 0.2) is 36.1 Å². The average molecular weight is 165 g/mol. The van der Waals surface area contributed by atoms with Crippen molar-refractivity contribution in [2.75, 3.05) is 7.05 Å². The minimum atomic E-state index is -0.0000926. The molecule has 0 aliphatic carbocycles. The van der Waals surface area contributed by atoms with Crippen molar-refractivity contribution < 1.29 is 4.79 Å². The highest BCUT2D eigenvalue weighted by atomic mass is 16.1. The van der Waals surface area contributed by atoms with Crippen molar-refractivity contribution >= 4 is 5.78 Å². The SMILES string of the molecule is C=C(C)C(=C)/C=C(\NC)C(C)=O. The molecule has 0 unspecified atom stereocenters. The van der Waals surface area contributed by atoms with Crippen molar-refractivity contribution in [2.45, 2.75) is 13.8 Å². The van der Waals surface area contributed by atoms with E-state index in [4.69, 9.17) is 0 Å². The van der Waals surface area contributed by atoms with E-state index < -0.39 is 0 Å². The Balaban J connectivity index is 4.61. The van der Waals surface area contributed by atoms with Gasteiger partial charge in [0.1, 0.15) is 0 Å². The van der Waals surface area contributed by atoms with Gasteiger partial charge in [0.15, 0.2) is 5.78 Å². The fourth-order valence-electron chi connectivity index (χ4n) is 0.647. The number of nitrogens with one attached hydrogen (secondary N) is 1. The van der Waals surface area contributed by atoms with Gasteiger partial charge in [-0.25, -0.2) is 0 Å². The molecule has 0 aromatic heterocycles. The summed E-state index contributed by atoms with van der Waals surface area (Å²) in [5, 5.41) is 2.80. The molecule has 0 bridgehead atoms. The third-order valence-electron chi connectivity index (χ3n) is 1.52. The maximum Gasteiger partial charge on any atom is 0.175 e. The molecule has 0 aliphatic heterocycles. The summed E-state index contributed by atoms with van der Waals surface area (Å²) in [6, 6.07) is 0. The van der Waals surface area contributed by atoms with E-state index in [1.165, 1.54) is 6.92 Å². The lowest BCUT2D eigenvalue weighted by molar-refractivity contribution is -0.113. The molecule has 0 fully saturated rings. The monoisotopic (exact) mass is 165 g/mol. The molecule has 0 aromatic carbocycles. The van der Waals surface area contributed by atoms with Crippen molar-refractivity contribution in [2.24, 2.45) is 0 Å². The Labute approximate surface area is 73.7 Å². The first-order valence-corrected chi connectivity index (χ1v) is 3.74. The molecule has 1 N–H and O–H groups in total. The summed E-state index contributed by atoms with van der Waals surface area (Å²) in [5.74, 6) is -0.0000926. The van der Waals surface area contributed by atoms with E-state index in [1.807, 2.05) is 6.92 Å². The van der Waals surface area contributed by atoms with E-state index in [-0.39, 0.29) is 5.78 Å². The summed E-state index contributed by atoms with van der Waals surface area (Å²) in [5.41, 5.74) is 2.20. The molecule has 0 atom stereocenters. The van der Waals surface area contributed by atoms with Gasteiger partial charge in [0.2, 0.25) is 0 Å². The number of hydrogen-bond donors (Lipinski definition) is 1. The summed E-state index contributed by atoms with van der Waals surface area (Å²) >= 11 is 0. The zero-order valence-electron chi connectivity index (χ0n) is 7.90. The van der Waals surface area contributed by atoms with Crippen molar-refractivity contribution in [3.63, 3.8) is 0 Å². The molecule has 0 rings (SSSR count). The molecular weight excluding hydrogens is 150 g/mol. The summed E-state index contributed by atoms with van der Waals surface area (Å²) in [7, 11) is 1.71. The fraction of sp³-hybridized carbons (Fsp3) is 0.300. The molecule has 2 heteroatoms. The van der Waals surface area contributed by atoms with Gasteiger partial charge in [0.25, 0.3) is 0 Å². The molecule has 0 heterocycles. The van der Waals surface area contributed by atoms with Crippen LogP contribution in [0.2, 0.25) is 0 Å². The van der Waals surface area contributed by atoms with Crippen LogP contribution in [0.3, 0.4) is 0 Å². The Kier molecular flexibility index (Phi) is 4.05. The van der Waals surface area contributed by atoms with Crippen LogP contribution in [0.25, 0.3) is 0 Å². The second-order valence-electron chi connectivity index (χ2n) is 2.67. The summed E-state index contributed by atoms with van der Waals surface area (Å²) in [6.07, 6.45) is 1.70. The molecule has 0 saturated carbocycles. The largest absolute Gasteiger partial charge is 0.385 e. The van der Waals surface area contributed by atoms with Gasteiger partial charge in [-0.1, -0.05) is 18.7 Å². The van der Waals surface area contributed by atoms with Crippen LogP contribution in [0.5, 0.6) is 0 Å². The van der Waals surface area contributed by atoms with Crippen molar-refractivity contribution in [3.8, 4) is 0 Å². The third kappa shape index (κ3) is 3.19. The van der Waals surface area contributed by atoms with Crippen LogP contribution < -0.4 is 5.32 Å². The zero-order valence-corrected chi connectivity index (χ0v) is 7.90. The predicted molar refractivity (Wildman–Crippen MR) is 51.8 cm³/mol. The van der Waals surface area contributed by atoms with Gasteiger partial charge in [-0.15, -0.1) is 0 Å². The van der Waals surface area contributed by atoms with Gasteiger partial charge >= 0.3 is 0 Å².